The van der Waals surface area contributed by atoms with Crippen molar-refractivity contribution in [1.82, 2.24) is 4.90 Å². The van der Waals surface area contributed by atoms with Crippen LogP contribution >= 0.6 is 0 Å². The van der Waals surface area contributed by atoms with Gasteiger partial charge in [0.2, 0.25) is 0 Å². The number of hydrogen-bond donors (Lipinski definition) is 1. The van der Waals surface area contributed by atoms with Gasteiger partial charge in [-0.05, 0) is 19.4 Å². The van der Waals surface area contributed by atoms with E-state index >= 15 is 0 Å². The largest absolute Gasteiger partial charge is 0.480 e. The van der Waals surface area contributed by atoms with Crippen LogP contribution in [0.2, 0.25) is 0 Å². The average molecular weight is 225 g/mol. The fourth-order valence-corrected chi connectivity index (χ4v) is 1.42. The Morgan fingerprint density at radius 3 is 2.62 bits per heavy atom. The van der Waals surface area contributed by atoms with Crippen LogP contribution in [0.4, 0.5) is 0 Å². The van der Waals surface area contributed by atoms with E-state index in [-0.39, 0.29) is 12.5 Å². The zero-order chi connectivity index (χ0) is 12.1. The smallest absolute Gasteiger partial charge is 0.323 e. The molecule has 0 spiro atoms. The van der Waals surface area contributed by atoms with Gasteiger partial charge in [-0.1, -0.05) is 6.92 Å². The minimum Gasteiger partial charge on any atom is -0.480 e. The van der Waals surface area contributed by atoms with Gasteiger partial charge < -0.3 is 14.4 Å². The number of carbonyl (C=O) groups is 2. The van der Waals surface area contributed by atoms with Crippen LogP contribution in [0.15, 0.2) is 16.7 Å². The van der Waals surface area contributed by atoms with Gasteiger partial charge in [-0.15, -0.1) is 0 Å². The third-order valence-electron chi connectivity index (χ3n) is 2.08. The number of carboxylic acids is 1. The van der Waals surface area contributed by atoms with E-state index in [2.05, 4.69) is 0 Å². The molecule has 0 unspecified atom stereocenters. The van der Waals surface area contributed by atoms with E-state index in [1.165, 1.54) is 11.2 Å². The molecule has 0 fully saturated rings. The van der Waals surface area contributed by atoms with Crippen LogP contribution in [-0.4, -0.2) is 35.0 Å². The summed E-state index contributed by atoms with van der Waals surface area (Å²) in [5.74, 6) is -0.682. The first-order valence-electron chi connectivity index (χ1n) is 5.10. The summed E-state index contributed by atoms with van der Waals surface area (Å²) in [6, 6.07) is 1.60. The number of rotatable bonds is 5. The lowest BCUT2D eigenvalue weighted by Gasteiger charge is -2.18. The molecule has 0 radical (unpaired) electrons. The van der Waals surface area contributed by atoms with E-state index in [1.54, 1.807) is 13.0 Å². The van der Waals surface area contributed by atoms with Crippen molar-refractivity contribution in [2.75, 3.05) is 13.1 Å². The quantitative estimate of drug-likeness (QED) is 0.824. The molecule has 1 rings (SSSR count). The van der Waals surface area contributed by atoms with E-state index in [4.69, 9.17) is 9.52 Å². The van der Waals surface area contributed by atoms with Gasteiger partial charge in [0.05, 0.1) is 5.56 Å². The molecule has 0 saturated heterocycles. The summed E-state index contributed by atoms with van der Waals surface area (Å²) in [6.07, 6.45) is 2.07. The molecule has 0 bridgehead atoms. The molecule has 0 aliphatic carbocycles. The van der Waals surface area contributed by atoms with Gasteiger partial charge in [-0.3, -0.25) is 9.59 Å². The molecule has 1 N–H and O–H groups in total. The first-order chi connectivity index (χ1) is 7.54. The number of carboxylic acid groups (broad SMARTS) is 1. The first-order valence-corrected chi connectivity index (χ1v) is 5.10. The van der Waals surface area contributed by atoms with Crippen molar-refractivity contribution in [3.63, 3.8) is 0 Å². The number of amides is 1. The number of furan rings is 1. The molecule has 0 saturated carbocycles. The summed E-state index contributed by atoms with van der Waals surface area (Å²) >= 11 is 0. The second-order valence-corrected chi connectivity index (χ2v) is 3.57. The first kappa shape index (κ1) is 12.3. The Balaban J connectivity index is 2.78. The maximum atomic E-state index is 11.9. The number of aryl methyl sites for hydroxylation is 1. The Hall–Kier alpha value is -1.78. The Labute approximate surface area is 93.7 Å². The second kappa shape index (κ2) is 5.34. The second-order valence-electron chi connectivity index (χ2n) is 3.57. The van der Waals surface area contributed by atoms with Gasteiger partial charge in [-0.25, -0.2) is 0 Å². The maximum absolute atomic E-state index is 11.9. The third-order valence-corrected chi connectivity index (χ3v) is 2.08. The number of hydrogen-bond acceptors (Lipinski definition) is 3. The lowest BCUT2D eigenvalue weighted by molar-refractivity contribution is -0.137. The predicted molar refractivity (Wildman–Crippen MR) is 57.3 cm³/mol. The molecule has 5 heteroatoms. The summed E-state index contributed by atoms with van der Waals surface area (Å²) in [4.78, 5) is 23.8. The Bertz CT molecular complexity index is 383. The van der Waals surface area contributed by atoms with Crippen LogP contribution in [0, 0.1) is 6.92 Å². The van der Waals surface area contributed by atoms with Gasteiger partial charge in [0.25, 0.3) is 5.91 Å². The summed E-state index contributed by atoms with van der Waals surface area (Å²) < 4.78 is 5.02. The van der Waals surface area contributed by atoms with Gasteiger partial charge in [-0.2, -0.15) is 0 Å². The van der Waals surface area contributed by atoms with Crippen LogP contribution in [0.25, 0.3) is 0 Å². The van der Waals surface area contributed by atoms with Gasteiger partial charge >= 0.3 is 5.97 Å². The highest BCUT2D eigenvalue weighted by Gasteiger charge is 2.18. The molecule has 1 heterocycles. The number of nitrogens with zero attached hydrogens (tertiary/aromatic N) is 1. The van der Waals surface area contributed by atoms with Crippen molar-refractivity contribution in [3.8, 4) is 0 Å². The van der Waals surface area contributed by atoms with Crippen LogP contribution in [0.5, 0.6) is 0 Å². The normalized spacial score (nSPS) is 10.1. The van der Waals surface area contributed by atoms with Crippen LogP contribution in [-0.2, 0) is 4.79 Å². The highest BCUT2D eigenvalue weighted by Crippen LogP contribution is 2.10. The molecule has 0 aliphatic heterocycles. The van der Waals surface area contributed by atoms with Gasteiger partial charge in [0.15, 0.2) is 0 Å². The van der Waals surface area contributed by atoms with E-state index in [0.717, 1.165) is 6.42 Å². The van der Waals surface area contributed by atoms with Crippen LogP contribution < -0.4 is 0 Å². The SMILES string of the molecule is CCCN(CC(=O)O)C(=O)c1coc(C)c1. The molecule has 0 aromatic carbocycles. The van der Waals surface area contributed by atoms with Crippen molar-refractivity contribution in [1.29, 1.82) is 0 Å². The molecular formula is C11H15NO4. The number of aliphatic carboxylic acids is 1. The summed E-state index contributed by atoms with van der Waals surface area (Å²) in [7, 11) is 0. The van der Waals surface area contributed by atoms with Crippen molar-refractivity contribution in [2.24, 2.45) is 0 Å². The van der Waals surface area contributed by atoms with E-state index < -0.39 is 5.97 Å². The van der Waals surface area contributed by atoms with E-state index in [0.29, 0.717) is 17.9 Å². The predicted octanol–water partition coefficient (Wildman–Crippen LogP) is 1.52. The zero-order valence-corrected chi connectivity index (χ0v) is 9.40. The summed E-state index contributed by atoms with van der Waals surface area (Å²) in [5, 5.41) is 8.69. The maximum Gasteiger partial charge on any atom is 0.323 e. The molecule has 0 atom stereocenters. The number of carbonyl (C=O) groups excluding carboxylic acids is 1. The van der Waals surface area contributed by atoms with Gasteiger partial charge in [0, 0.05) is 6.54 Å². The molecule has 1 aromatic rings. The fraction of sp³-hybridized carbons (Fsp3) is 0.455. The molecule has 5 nitrogen and oxygen atoms in total. The van der Waals surface area contributed by atoms with Gasteiger partial charge in [0.1, 0.15) is 18.6 Å². The molecule has 16 heavy (non-hydrogen) atoms. The summed E-state index contributed by atoms with van der Waals surface area (Å²) in [5.41, 5.74) is 0.396. The van der Waals surface area contributed by atoms with Crippen molar-refractivity contribution in [3.05, 3.63) is 23.7 Å². The minimum absolute atomic E-state index is 0.281. The van der Waals surface area contributed by atoms with E-state index in [1.807, 2.05) is 6.92 Å². The molecular weight excluding hydrogens is 210 g/mol. The summed E-state index contributed by atoms with van der Waals surface area (Å²) in [6.45, 7) is 3.77. The third kappa shape index (κ3) is 3.12. The zero-order valence-electron chi connectivity index (χ0n) is 9.40. The topological polar surface area (TPSA) is 70.8 Å². The Morgan fingerprint density at radius 1 is 1.50 bits per heavy atom. The highest BCUT2D eigenvalue weighted by molar-refractivity contribution is 5.95. The Kier molecular flexibility index (Phi) is 4.10. The monoisotopic (exact) mass is 225 g/mol. The molecule has 1 aromatic heterocycles. The Morgan fingerprint density at radius 2 is 2.19 bits per heavy atom. The minimum atomic E-state index is -1.01. The lowest BCUT2D eigenvalue weighted by atomic mass is 10.2. The fourth-order valence-electron chi connectivity index (χ4n) is 1.42. The van der Waals surface area contributed by atoms with Crippen LogP contribution in [0.1, 0.15) is 29.5 Å². The molecule has 88 valence electrons. The van der Waals surface area contributed by atoms with Crippen LogP contribution in [0.3, 0.4) is 0 Å². The highest BCUT2D eigenvalue weighted by atomic mass is 16.4. The van der Waals surface area contributed by atoms with E-state index in [9.17, 15) is 9.59 Å². The standard InChI is InChI=1S/C11H15NO4/c1-3-4-12(6-10(13)14)11(15)9-5-8(2)16-7-9/h5,7H,3-4,6H2,1-2H3,(H,13,14). The van der Waals surface area contributed by atoms with Crippen molar-refractivity contribution in [2.45, 2.75) is 20.3 Å². The van der Waals surface area contributed by atoms with Crippen molar-refractivity contribution >= 4 is 11.9 Å². The average Bonchev–Trinajstić information content (AvgIpc) is 2.62. The molecule has 0 aliphatic rings. The van der Waals surface area contributed by atoms with Crippen molar-refractivity contribution < 1.29 is 19.1 Å². The lowest BCUT2D eigenvalue weighted by Crippen LogP contribution is -2.36. The molecule has 1 amide bonds.